The van der Waals surface area contributed by atoms with Gasteiger partial charge in [-0.25, -0.2) is 4.98 Å². The zero-order chi connectivity index (χ0) is 16.0. The quantitative estimate of drug-likeness (QED) is 0.386. The molecule has 1 fully saturated rings. The minimum atomic E-state index is -1.55. The number of ether oxygens (including phenoxy) is 1. The lowest BCUT2D eigenvalue weighted by atomic mass is 9.98. The van der Waals surface area contributed by atoms with Crippen molar-refractivity contribution in [1.29, 1.82) is 0 Å². The number of halogens is 1. The number of fused-ring (bicyclic) bond motifs is 1. The fourth-order valence-corrected chi connectivity index (χ4v) is 2.56. The van der Waals surface area contributed by atoms with E-state index in [2.05, 4.69) is 15.0 Å². The van der Waals surface area contributed by atoms with Gasteiger partial charge in [0.05, 0.1) is 12.9 Å². The number of hydrogen-bond acceptors (Lipinski definition) is 8. The van der Waals surface area contributed by atoms with Gasteiger partial charge in [-0.05, 0) is 11.6 Å². The van der Waals surface area contributed by atoms with Gasteiger partial charge in [-0.1, -0.05) is 0 Å². The number of aromatic amines is 1. The molecule has 3 rings (SSSR count). The van der Waals surface area contributed by atoms with Crippen molar-refractivity contribution in [2.75, 3.05) is 6.61 Å². The average molecular weight is 333 g/mol. The number of aromatic nitrogens is 4. The summed E-state index contributed by atoms with van der Waals surface area (Å²) in [5.41, 5.74) is -0.558. The van der Waals surface area contributed by atoms with Crippen molar-refractivity contribution in [3.05, 3.63) is 22.0 Å². The van der Waals surface area contributed by atoms with Crippen LogP contribution in [0.2, 0.25) is 5.28 Å². The van der Waals surface area contributed by atoms with Gasteiger partial charge in [-0.3, -0.25) is 14.3 Å². The molecular weight excluding hydrogens is 320 g/mol. The molecule has 0 aromatic carbocycles. The van der Waals surface area contributed by atoms with Gasteiger partial charge in [0.25, 0.3) is 5.56 Å². The van der Waals surface area contributed by atoms with Gasteiger partial charge in [0.2, 0.25) is 5.28 Å². The van der Waals surface area contributed by atoms with Crippen molar-refractivity contribution >= 4 is 22.8 Å². The summed E-state index contributed by atoms with van der Waals surface area (Å²) >= 11 is 5.70. The predicted molar refractivity (Wildman–Crippen MR) is 72.2 cm³/mol. The highest BCUT2D eigenvalue weighted by molar-refractivity contribution is 6.28. The number of rotatable bonds is 2. The van der Waals surface area contributed by atoms with Crippen LogP contribution in [0.15, 0.2) is 11.1 Å². The molecule has 1 aliphatic rings. The van der Waals surface area contributed by atoms with E-state index in [1.54, 1.807) is 0 Å². The van der Waals surface area contributed by atoms with Gasteiger partial charge in [0.15, 0.2) is 17.4 Å². The summed E-state index contributed by atoms with van der Waals surface area (Å²) in [6, 6.07) is 0. The second kappa shape index (κ2) is 5.57. The molecule has 2 aromatic heterocycles. The van der Waals surface area contributed by atoms with Crippen molar-refractivity contribution in [2.24, 2.45) is 0 Å². The standard InChI is InChI=1S/C11H13ClN4O6/c12-11-14-8-4(9(21)15-11)13-2-16(8)10-7(20)6(19)5(18)3(1-17)22-10/h2-3,5-7,10,17-20H,1H2,(H,14,15,21)/t3-,5?,6+,7?,10-/m1/s1. The van der Waals surface area contributed by atoms with Crippen molar-refractivity contribution in [3.8, 4) is 0 Å². The number of imidazole rings is 1. The van der Waals surface area contributed by atoms with Crippen LogP contribution in [0.1, 0.15) is 6.23 Å². The smallest absolute Gasteiger partial charge is 0.280 e. The Bertz CT molecular complexity index is 746. The molecule has 0 aliphatic carbocycles. The van der Waals surface area contributed by atoms with Crippen LogP contribution in [-0.2, 0) is 4.74 Å². The number of H-pyrrole nitrogens is 1. The molecule has 0 bridgehead atoms. The molecule has 10 nitrogen and oxygen atoms in total. The molecule has 1 aliphatic heterocycles. The van der Waals surface area contributed by atoms with Crippen LogP contribution in [-0.4, -0.2) is 71.0 Å². The molecule has 0 saturated carbocycles. The van der Waals surface area contributed by atoms with E-state index in [0.717, 1.165) is 0 Å². The lowest BCUT2D eigenvalue weighted by molar-refractivity contribution is -0.250. The monoisotopic (exact) mass is 332 g/mol. The van der Waals surface area contributed by atoms with Crippen molar-refractivity contribution in [3.63, 3.8) is 0 Å². The molecule has 5 atom stereocenters. The molecule has 0 spiro atoms. The number of aliphatic hydroxyl groups excluding tert-OH is 4. The minimum absolute atomic E-state index is 0.0265. The maximum atomic E-state index is 11.7. The molecule has 22 heavy (non-hydrogen) atoms. The lowest BCUT2D eigenvalue weighted by Gasteiger charge is -2.40. The Hall–Kier alpha value is -1.56. The van der Waals surface area contributed by atoms with Crippen molar-refractivity contribution < 1.29 is 25.2 Å². The van der Waals surface area contributed by atoms with Gasteiger partial charge in [0.1, 0.15) is 24.4 Å². The predicted octanol–water partition coefficient (Wildman–Crippen LogP) is -2.25. The van der Waals surface area contributed by atoms with Crippen LogP contribution in [0.4, 0.5) is 0 Å². The summed E-state index contributed by atoms with van der Waals surface area (Å²) in [7, 11) is 0. The van der Waals surface area contributed by atoms with Gasteiger partial charge >= 0.3 is 0 Å². The second-order valence-electron chi connectivity index (χ2n) is 4.90. The fraction of sp³-hybridized carbons (Fsp3) is 0.545. The average Bonchev–Trinajstić information content (AvgIpc) is 2.89. The van der Waals surface area contributed by atoms with E-state index in [1.807, 2.05) is 0 Å². The molecule has 5 N–H and O–H groups in total. The Labute approximate surface area is 127 Å². The number of hydrogen-bond donors (Lipinski definition) is 5. The molecule has 2 unspecified atom stereocenters. The summed E-state index contributed by atoms with van der Waals surface area (Å²) in [6.07, 6.45) is -5.65. The summed E-state index contributed by atoms with van der Waals surface area (Å²) in [5, 5.41) is 38.7. The number of aliphatic hydroxyl groups is 4. The minimum Gasteiger partial charge on any atom is -0.394 e. The van der Waals surface area contributed by atoms with E-state index in [-0.39, 0.29) is 16.4 Å². The highest BCUT2D eigenvalue weighted by Crippen LogP contribution is 2.29. The van der Waals surface area contributed by atoms with Crippen LogP contribution in [0.3, 0.4) is 0 Å². The molecule has 0 amide bonds. The zero-order valence-corrected chi connectivity index (χ0v) is 11.8. The van der Waals surface area contributed by atoms with E-state index in [1.165, 1.54) is 10.9 Å². The van der Waals surface area contributed by atoms with Crippen LogP contribution in [0.25, 0.3) is 11.2 Å². The lowest BCUT2D eigenvalue weighted by Crippen LogP contribution is -2.56. The Morgan fingerprint density at radius 1 is 1.32 bits per heavy atom. The van der Waals surface area contributed by atoms with E-state index in [0.29, 0.717) is 0 Å². The molecule has 120 valence electrons. The summed E-state index contributed by atoms with van der Waals surface area (Å²) in [5.74, 6) is 0. The Balaban J connectivity index is 2.08. The Morgan fingerprint density at radius 3 is 2.73 bits per heavy atom. The molecule has 2 aromatic rings. The summed E-state index contributed by atoms with van der Waals surface area (Å²) < 4.78 is 6.59. The third-order valence-electron chi connectivity index (χ3n) is 3.54. The SMILES string of the molecule is O=c1[nH]c(Cl)nc2c1ncn2[C@@H]1O[C@H](CO)C(O)[C@H](O)C1O. The molecule has 0 radical (unpaired) electrons. The Kier molecular flexibility index (Phi) is 3.89. The van der Waals surface area contributed by atoms with Crippen LogP contribution >= 0.6 is 11.6 Å². The van der Waals surface area contributed by atoms with Crippen LogP contribution in [0.5, 0.6) is 0 Å². The molecule has 1 saturated heterocycles. The third-order valence-corrected chi connectivity index (χ3v) is 3.72. The van der Waals surface area contributed by atoms with E-state index in [4.69, 9.17) is 16.3 Å². The zero-order valence-electron chi connectivity index (χ0n) is 11.0. The first kappa shape index (κ1) is 15.3. The van der Waals surface area contributed by atoms with Crippen molar-refractivity contribution in [1.82, 2.24) is 19.5 Å². The van der Waals surface area contributed by atoms with Crippen LogP contribution < -0.4 is 5.56 Å². The van der Waals surface area contributed by atoms with Crippen molar-refractivity contribution in [2.45, 2.75) is 30.6 Å². The second-order valence-corrected chi connectivity index (χ2v) is 5.26. The Morgan fingerprint density at radius 2 is 2.05 bits per heavy atom. The molecular formula is C11H13ClN4O6. The first-order valence-electron chi connectivity index (χ1n) is 6.37. The van der Waals surface area contributed by atoms with E-state index in [9.17, 15) is 25.2 Å². The maximum Gasteiger partial charge on any atom is 0.280 e. The summed E-state index contributed by atoms with van der Waals surface area (Å²) in [6.45, 7) is -0.567. The first-order chi connectivity index (χ1) is 10.4. The van der Waals surface area contributed by atoms with Gasteiger partial charge in [-0.15, -0.1) is 0 Å². The summed E-state index contributed by atoms with van der Waals surface area (Å²) in [4.78, 5) is 21.8. The van der Waals surface area contributed by atoms with Gasteiger partial charge < -0.3 is 25.2 Å². The highest BCUT2D eigenvalue weighted by Gasteiger charge is 2.44. The first-order valence-corrected chi connectivity index (χ1v) is 6.74. The van der Waals surface area contributed by atoms with Crippen LogP contribution in [0, 0.1) is 0 Å². The third kappa shape index (κ3) is 2.29. The largest absolute Gasteiger partial charge is 0.394 e. The van der Waals surface area contributed by atoms with E-state index >= 15 is 0 Å². The maximum absolute atomic E-state index is 11.7. The normalized spacial score (nSPS) is 32.5. The highest BCUT2D eigenvalue weighted by atomic mass is 35.5. The molecule has 11 heteroatoms. The number of nitrogens with zero attached hydrogens (tertiary/aromatic N) is 3. The van der Waals surface area contributed by atoms with Gasteiger partial charge in [-0.2, -0.15) is 4.98 Å². The fourth-order valence-electron chi connectivity index (χ4n) is 2.40. The molecule has 3 heterocycles. The number of nitrogens with one attached hydrogen (secondary N) is 1. The van der Waals surface area contributed by atoms with E-state index < -0.39 is 42.8 Å². The van der Waals surface area contributed by atoms with Gasteiger partial charge in [0, 0.05) is 0 Å². The topological polar surface area (TPSA) is 154 Å².